The second-order valence-corrected chi connectivity index (χ2v) is 16.7. The van der Waals surface area contributed by atoms with E-state index >= 15 is 0 Å². The summed E-state index contributed by atoms with van der Waals surface area (Å²) in [6, 6.07) is 0. The van der Waals surface area contributed by atoms with E-state index in [1.165, 1.54) is 154 Å². The van der Waals surface area contributed by atoms with Crippen LogP contribution in [0.1, 0.15) is 271 Å². The van der Waals surface area contributed by atoms with Crippen molar-refractivity contribution in [3.8, 4) is 0 Å². The number of carbonyl (C=O) groups excluding carboxylic acids is 3. The Hall–Kier alpha value is -1.85. The highest BCUT2D eigenvalue weighted by Crippen LogP contribution is 2.16. The Bertz CT molecular complexity index is 870. The van der Waals surface area contributed by atoms with Crippen molar-refractivity contribution in [2.45, 2.75) is 277 Å². The maximum absolute atomic E-state index is 12.6. The third-order valence-corrected chi connectivity index (χ3v) is 11.0. The fraction of sp³-hybridized carbons (Fsp3) is 0.900. The van der Waals surface area contributed by atoms with Crippen LogP contribution >= 0.6 is 0 Å². The van der Waals surface area contributed by atoms with Gasteiger partial charge >= 0.3 is 17.9 Å². The Balaban J connectivity index is 4.05. The van der Waals surface area contributed by atoms with E-state index < -0.39 is 6.10 Å². The molecule has 6 heteroatoms. The van der Waals surface area contributed by atoms with E-state index in [4.69, 9.17) is 14.2 Å². The molecule has 0 aromatic rings. The Morgan fingerprint density at radius 3 is 0.964 bits per heavy atom. The lowest BCUT2D eigenvalue weighted by Crippen LogP contribution is -2.30. The minimum atomic E-state index is -0.764. The second kappa shape index (κ2) is 45.8. The highest BCUT2D eigenvalue weighted by atomic mass is 16.6. The molecule has 0 aliphatic heterocycles. The van der Waals surface area contributed by atoms with Crippen LogP contribution in [0.4, 0.5) is 0 Å². The fourth-order valence-electron chi connectivity index (χ4n) is 7.27. The molecule has 330 valence electrons. The molecule has 56 heavy (non-hydrogen) atoms. The Morgan fingerprint density at radius 2 is 0.625 bits per heavy atom. The van der Waals surface area contributed by atoms with Crippen molar-refractivity contribution in [1.29, 1.82) is 0 Å². The van der Waals surface area contributed by atoms with Gasteiger partial charge in [0.25, 0.3) is 0 Å². The van der Waals surface area contributed by atoms with Crippen LogP contribution in [-0.2, 0) is 28.6 Å². The van der Waals surface area contributed by atoms with E-state index in [0.717, 1.165) is 77.0 Å². The average Bonchev–Trinajstić information content (AvgIpc) is 3.19. The van der Waals surface area contributed by atoms with E-state index in [-0.39, 0.29) is 31.1 Å². The molecule has 0 radical (unpaired) electrons. The summed E-state index contributed by atoms with van der Waals surface area (Å²) in [5.41, 5.74) is 0. The lowest BCUT2D eigenvalue weighted by Gasteiger charge is -2.18. The molecule has 0 aromatic carbocycles. The lowest BCUT2D eigenvalue weighted by molar-refractivity contribution is -0.167. The summed E-state index contributed by atoms with van der Waals surface area (Å²) in [5.74, 6) is -0.880. The van der Waals surface area contributed by atoms with Crippen molar-refractivity contribution in [3.63, 3.8) is 0 Å². The zero-order valence-corrected chi connectivity index (χ0v) is 37.7. The Morgan fingerprint density at radius 1 is 0.339 bits per heavy atom. The number of ether oxygens (including phenoxy) is 3. The van der Waals surface area contributed by atoms with Gasteiger partial charge in [-0.05, 0) is 38.5 Å². The van der Waals surface area contributed by atoms with Crippen molar-refractivity contribution in [2.24, 2.45) is 0 Å². The zero-order valence-electron chi connectivity index (χ0n) is 37.7. The van der Waals surface area contributed by atoms with Gasteiger partial charge in [-0.25, -0.2) is 0 Å². The molecule has 0 fully saturated rings. The molecule has 0 amide bonds. The van der Waals surface area contributed by atoms with Crippen molar-refractivity contribution < 1.29 is 28.6 Å². The van der Waals surface area contributed by atoms with Gasteiger partial charge < -0.3 is 14.2 Å². The van der Waals surface area contributed by atoms with Crippen molar-refractivity contribution in [1.82, 2.24) is 0 Å². The number of hydrogen-bond donors (Lipinski definition) is 0. The number of unbranched alkanes of at least 4 members (excludes halogenated alkanes) is 32. The Labute approximate surface area is 348 Å². The normalized spacial score (nSPS) is 12.0. The first-order valence-corrected chi connectivity index (χ1v) is 24.7. The van der Waals surface area contributed by atoms with Crippen LogP contribution in [0.25, 0.3) is 0 Å². The summed E-state index contributed by atoms with van der Waals surface area (Å²) in [5, 5.41) is 0. The predicted molar refractivity (Wildman–Crippen MR) is 238 cm³/mol. The first-order chi connectivity index (χ1) is 27.5. The molecule has 0 aliphatic carbocycles. The van der Waals surface area contributed by atoms with Crippen LogP contribution in [0.3, 0.4) is 0 Å². The first kappa shape index (κ1) is 54.2. The molecule has 0 bridgehead atoms. The van der Waals surface area contributed by atoms with E-state index in [2.05, 4.69) is 32.9 Å². The largest absolute Gasteiger partial charge is 0.462 e. The molecule has 0 aromatic heterocycles. The third-order valence-electron chi connectivity index (χ3n) is 11.0. The quantitative estimate of drug-likeness (QED) is 0.0264. The fourth-order valence-corrected chi connectivity index (χ4v) is 7.27. The van der Waals surface area contributed by atoms with Gasteiger partial charge in [-0.15, -0.1) is 0 Å². The van der Waals surface area contributed by atoms with Crippen molar-refractivity contribution >= 4 is 17.9 Å². The molecule has 0 aliphatic rings. The van der Waals surface area contributed by atoms with Gasteiger partial charge in [-0.2, -0.15) is 0 Å². The van der Waals surface area contributed by atoms with E-state index in [1.54, 1.807) is 0 Å². The predicted octanol–water partition coefficient (Wildman–Crippen LogP) is 15.8. The zero-order chi connectivity index (χ0) is 40.8. The number of allylic oxidation sites excluding steroid dienone is 2. The van der Waals surface area contributed by atoms with Gasteiger partial charge in [0, 0.05) is 19.3 Å². The van der Waals surface area contributed by atoms with Crippen LogP contribution in [0.5, 0.6) is 0 Å². The standard InChI is InChI=1S/C50H94O6/c1-4-7-10-13-16-18-20-21-22-23-24-25-26-27-28-29-30-31-33-34-37-40-43-49(52)55-46-47(45-54-48(51)42-39-36-15-12-9-6-3)56-50(53)44-41-38-35-32-19-17-14-11-8-5-2/h11,14,47H,4-10,12-13,15-46H2,1-3H3/b14-11-. The second-order valence-electron chi connectivity index (χ2n) is 16.7. The van der Waals surface area contributed by atoms with Crippen LogP contribution in [0.15, 0.2) is 12.2 Å². The molecular weight excluding hydrogens is 697 g/mol. The van der Waals surface area contributed by atoms with Crippen LogP contribution in [0.2, 0.25) is 0 Å². The Kier molecular flexibility index (Phi) is 44.3. The molecular formula is C50H94O6. The highest BCUT2D eigenvalue weighted by molar-refractivity contribution is 5.71. The first-order valence-electron chi connectivity index (χ1n) is 24.7. The molecule has 1 unspecified atom stereocenters. The SMILES string of the molecule is CCC/C=C\CCCCCCCC(=O)OC(COC(=O)CCCCCCCC)COC(=O)CCCCCCCCCCCCCCCCCCCCCCCC. The molecule has 0 saturated carbocycles. The third kappa shape index (κ3) is 43.3. The maximum Gasteiger partial charge on any atom is 0.306 e. The average molecular weight is 791 g/mol. The minimum absolute atomic E-state index is 0.0697. The van der Waals surface area contributed by atoms with Gasteiger partial charge in [0.1, 0.15) is 13.2 Å². The van der Waals surface area contributed by atoms with Gasteiger partial charge in [-0.3, -0.25) is 14.4 Å². The molecule has 1 atom stereocenters. The van der Waals surface area contributed by atoms with Crippen LogP contribution in [-0.4, -0.2) is 37.2 Å². The van der Waals surface area contributed by atoms with Crippen molar-refractivity contribution in [2.75, 3.05) is 13.2 Å². The molecule has 6 nitrogen and oxygen atoms in total. The minimum Gasteiger partial charge on any atom is -0.462 e. The summed E-state index contributed by atoms with van der Waals surface area (Å²) < 4.78 is 16.6. The highest BCUT2D eigenvalue weighted by Gasteiger charge is 2.19. The number of hydrogen-bond acceptors (Lipinski definition) is 6. The number of esters is 3. The smallest absolute Gasteiger partial charge is 0.306 e. The van der Waals surface area contributed by atoms with E-state index in [1.807, 2.05) is 0 Å². The van der Waals surface area contributed by atoms with Crippen LogP contribution < -0.4 is 0 Å². The molecule has 0 spiro atoms. The van der Waals surface area contributed by atoms with E-state index in [0.29, 0.717) is 19.3 Å². The summed E-state index contributed by atoms with van der Waals surface area (Å²) in [4.78, 5) is 37.5. The van der Waals surface area contributed by atoms with Gasteiger partial charge in [0.15, 0.2) is 6.10 Å². The van der Waals surface area contributed by atoms with Crippen molar-refractivity contribution in [3.05, 3.63) is 12.2 Å². The maximum atomic E-state index is 12.6. The van der Waals surface area contributed by atoms with E-state index in [9.17, 15) is 14.4 Å². The summed E-state index contributed by atoms with van der Waals surface area (Å²) >= 11 is 0. The van der Waals surface area contributed by atoms with Crippen LogP contribution in [0, 0.1) is 0 Å². The topological polar surface area (TPSA) is 78.9 Å². The van der Waals surface area contributed by atoms with Gasteiger partial charge in [0.2, 0.25) is 0 Å². The molecule has 0 N–H and O–H groups in total. The molecule has 0 heterocycles. The summed E-state index contributed by atoms with van der Waals surface area (Å²) in [6.45, 7) is 6.53. The number of carbonyl (C=O) groups is 3. The van der Waals surface area contributed by atoms with Gasteiger partial charge in [-0.1, -0.05) is 226 Å². The summed E-state index contributed by atoms with van der Waals surface area (Å²) in [7, 11) is 0. The van der Waals surface area contributed by atoms with Gasteiger partial charge in [0.05, 0.1) is 0 Å². The number of rotatable bonds is 45. The lowest BCUT2D eigenvalue weighted by atomic mass is 10.0. The molecule has 0 rings (SSSR count). The molecule has 0 saturated heterocycles. The monoisotopic (exact) mass is 791 g/mol. The summed E-state index contributed by atoms with van der Waals surface area (Å²) in [6.07, 6.45) is 49.5.